The first kappa shape index (κ1) is 11.9. The molecule has 17 heavy (non-hydrogen) atoms. The number of halogens is 1. The van der Waals surface area contributed by atoms with Gasteiger partial charge in [-0.15, -0.1) is 0 Å². The zero-order valence-corrected chi connectivity index (χ0v) is 10.4. The highest BCUT2D eigenvalue weighted by molar-refractivity contribution is 8.13. The number of rotatable bonds is 3. The number of ether oxygens (including phenoxy) is 1. The molecule has 0 aliphatic carbocycles. The minimum atomic E-state index is -3.76. The topological polar surface area (TPSA) is 61.2 Å². The molecule has 1 aromatic heterocycles. The van der Waals surface area contributed by atoms with E-state index in [2.05, 4.69) is 5.10 Å². The van der Waals surface area contributed by atoms with Crippen LogP contribution in [0, 0.1) is 0 Å². The van der Waals surface area contributed by atoms with Crippen molar-refractivity contribution >= 4 is 19.7 Å². The molecular formula is C10H9ClN2O3S. The quantitative estimate of drug-likeness (QED) is 0.800. The molecule has 0 fully saturated rings. The molecule has 1 aromatic carbocycles. The van der Waals surface area contributed by atoms with Gasteiger partial charge in [0.1, 0.15) is 16.3 Å². The number of nitrogens with zero attached hydrogens (tertiary/aromatic N) is 2. The molecule has 0 N–H and O–H groups in total. The van der Waals surface area contributed by atoms with Gasteiger partial charge in [0.05, 0.1) is 19.5 Å². The Balaban J connectivity index is 2.51. The Bertz CT molecular complexity index is 637. The van der Waals surface area contributed by atoms with Gasteiger partial charge in [-0.25, -0.2) is 13.1 Å². The van der Waals surface area contributed by atoms with Crippen molar-refractivity contribution in [2.75, 3.05) is 7.11 Å². The van der Waals surface area contributed by atoms with Crippen LogP contribution in [0.3, 0.4) is 0 Å². The molecular weight excluding hydrogens is 264 g/mol. The lowest BCUT2D eigenvalue weighted by atomic mass is 10.3. The van der Waals surface area contributed by atoms with Gasteiger partial charge in [-0.1, -0.05) is 12.1 Å². The van der Waals surface area contributed by atoms with Crippen LogP contribution in [0.4, 0.5) is 0 Å². The Morgan fingerprint density at radius 1 is 1.35 bits per heavy atom. The van der Waals surface area contributed by atoms with Crippen LogP contribution >= 0.6 is 10.7 Å². The number of para-hydroxylation sites is 2. The second-order valence-corrected chi connectivity index (χ2v) is 5.80. The summed E-state index contributed by atoms with van der Waals surface area (Å²) in [5.41, 5.74) is 0.640. The molecule has 5 nitrogen and oxygen atoms in total. The molecule has 0 radical (unpaired) electrons. The molecule has 2 aromatic rings. The van der Waals surface area contributed by atoms with Gasteiger partial charge in [0.15, 0.2) is 0 Å². The highest BCUT2D eigenvalue weighted by Crippen LogP contribution is 2.23. The van der Waals surface area contributed by atoms with E-state index in [9.17, 15) is 8.42 Å². The Labute approximate surface area is 103 Å². The summed E-state index contributed by atoms with van der Waals surface area (Å²) in [6.45, 7) is 0. The summed E-state index contributed by atoms with van der Waals surface area (Å²) in [6, 6.07) is 7.13. The smallest absolute Gasteiger partial charge is 0.264 e. The Morgan fingerprint density at radius 2 is 2.06 bits per heavy atom. The molecule has 0 spiro atoms. The van der Waals surface area contributed by atoms with Crippen molar-refractivity contribution in [1.82, 2.24) is 9.78 Å². The van der Waals surface area contributed by atoms with E-state index in [1.807, 2.05) is 6.07 Å². The molecule has 0 aliphatic heterocycles. The maximum Gasteiger partial charge on any atom is 0.264 e. The molecule has 1 heterocycles. The third-order valence-electron chi connectivity index (χ3n) is 2.17. The second kappa shape index (κ2) is 4.38. The maximum atomic E-state index is 11.1. The fraction of sp³-hybridized carbons (Fsp3) is 0.100. The van der Waals surface area contributed by atoms with Crippen LogP contribution in [0.2, 0.25) is 0 Å². The van der Waals surface area contributed by atoms with Gasteiger partial charge >= 0.3 is 0 Å². The van der Waals surface area contributed by atoms with Gasteiger partial charge in [-0.05, 0) is 12.1 Å². The minimum absolute atomic E-state index is 0.0509. The third-order valence-corrected chi connectivity index (χ3v) is 3.48. The lowest BCUT2D eigenvalue weighted by Gasteiger charge is -2.06. The fourth-order valence-corrected chi connectivity index (χ4v) is 2.02. The zero-order valence-electron chi connectivity index (χ0n) is 8.87. The van der Waals surface area contributed by atoms with E-state index in [1.165, 1.54) is 24.2 Å². The zero-order chi connectivity index (χ0) is 12.5. The van der Waals surface area contributed by atoms with Crippen molar-refractivity contribution in [3.8, 4) is 11.4 Å². The van der Waals surface area contributed by atoms with E-state index in [-0.39, 0.29) is 4.90 Å². The molecule has 0 unspecified atom stereocenters. The molecule has 0 saturated carbocycles. The van der Waals surface area contributed by atoms with E-state index >= 15 is 0 Å². The van der Waals surface area contributed by atoms with Gasteiger partial charge in [0.2, 0.25) is 0 Å². The van der Waals surface area contributed by atoms with Crippen LogP contribution in [-0.2, 0) is 9.05 Å². The van der Waals surface area contributed by atoms with Crippen molar-refractivity contribution in [1.29, 1.82) is 0 Å². The van der Waals surface area contributed by atoms with E-state index in [1.54, 1.807) is 18.2 Å². The number of methoxy groups -OCH3 is 1. The Kier molecular flexibility index (Phi) is 3.08. The minimum Gasteiger partial charge on any atom is -0.494 e. The first-order valence-electron chi connectivity index (χ1n) is 4.65. The van der Waals surface area contributed by atoms with Gasteiger partial charge in [0, 0.05) is 10.7 Å². The lowest BCUT2D eigenvalue weighted by Crippen LogP contribution is -1.97. The molecule has 0 saturated heterocycles. The largest absolute Gasteiger partial charge is 0.494 e. The number of aromatic nitrogens is 2. The molecule has 0 bridgehead atoms. The van der Waals surface area contributed by atoms with Crippen LogP contribution in [0.15, 0.2) is 41.6 Å². The van der Waals surface area contributed by atoms with E-state index in [0.717, 1.165) is 0 Å². The van der Waals surface area contributed by atoms with Crippen molar-refractivity contribution in [2.24, 2.45) is 0 Å². The van der Waals surface area contributed by atoms with Crippen LogP contribution in [0.25, 0.3) is 5.69 Å². The highest BCUT2D eigenvalue weighted by atomic mass is 35.7. The molecule has 2 rings (SSSR count). The molecule has 0 atom stereocenters. The lowest BCUT2D eigenvalue weighted by molar-refractivity contribution is 0.411. The van der Waals surface area contributed by atoms with Crippen molar-refractivity contribution < 1.29 is 13.2 Å². The number of hydrogen-bond donors (Lipinski definition) is 0. The Morgan fingerprint density at radius 3 is 2.65 bits per heavy atom. The third kappa shape index (κ3) is 2.42. The second-order valence-electron chi connectivity index (χ2n) is 3.23. The maximum absolute atomic E-state index is 11.1. The summed E-state index contributed by atoms with van der Waals surface area (Å²) in [5, 5.41) is 3.93. The van der Waals surface area contributed by atoms with Gasteiger partial charge in [-0.2, -0.15) is 5.10 Å². The molecule has 0 amide bonds. The van der Waals surface area contributed by atoms with Crippen LogP contribution in [0.1, 0.15) is 0 Å². The van der Waals surface area contributed by atoms with Gasteiger partial charge < -0.3 is 4.74 Å². The first-order valence-corrected chi connectivity index (χ1v) is 6.96. The summed E-state index contributed by atoms with van der Waals surface area (Å²) in [6.07, 6.45) is 2.52. The van der Waals surface area contributed by atoms with E-state index in [0.29, 0.717) is 11.4 Å². The monoisotopic (exact) mass is 272 g/mol. The average molecular weight is 273 g/mol. The van der Waals surface area contributed by atoms with Crippen LogP contribution in [0.5, 0.6) is 5.75 Å². The number of benzene rings is 1. The van der Waals surface area contributed by atoms with Crippen LogP contribution < -0.4 is 4.74 Å². The summed E-state index contributed by atoms with van der Waals surface area (Å²) < 4.78 is 28.8. The summed E-state index contributed by atoms with van der Waals surface area (Å²) in [7, 11) is 2.99. The highest BCUT2D eigenvalue weighted by Gasteiger charge is 2.14. The van der Waals surface area contributed by atoms with Gasteiger partial charge in [0.25, 0.3) is 9.05 Å². The van der Waals surface area contributed by atoms with Crippen molar-refractivity contribution in [3.63, 3.8) is 0 Å². The normalized spacial score (nSPS) is 11.4. The SMILES string of the molecule is COc1ccccc1-n1cc(S(=O)(=O)Cl)cn1. The molecule has 0 aliphatic rings. The predicted molar refractivity (Wildman–Crippen MR) is 63.2 cm³/mol. The van der Waals surface area contributed by atoms with Crippen molar-refractivity contribution in [3.05, 3.63) is 36.7 Å². The standard InChI is InChI=1S/C10H9ClN2O3S/c1-16-10-5-3-2-4-9(10)13-7-8(6-12-13)17(11,14)15/h2-7H,1H3. The average Bonchev–Trinajstić information content (AvgIpc) is 2.77. The first-order chi connectivity index (χ1) is 8.02. The predicted octanol–water partition coefficient (Wildman–Crippen LogP) is 1.81. The summed E-state index contributed by atoms with van der Waals surface area (Å²) in [5.74, 6) is 0.592. The van der Waals surface area contributed by atoms with Crippen LogP contribution in [-0.4, -0.2) is 25.3 Å². The van der Waals surface area contributed by atoms with E-state index < -0.39 is 9.05 Å². The molecule has 7 heteroatoms. The molecule has 90 valence electrons. The van der Waals surface area contributed by atoms with Gasteiger partial charge in [-0.3, -0.25) is 0 Å². The number of hydrogen-bond acceptors (Lipinski definition) is 4. The van der Waals surface area contributed by atoms with E-state index in [4.69, 9.17) is 15.4 Å². The summed E-state index contributed by atoms with van der Waals surface area (Å²) >= 11 is 0. The summed E-state index contributed by atoms with van der Waals surface area (Å²) in [4.78, 5) is -0.0509. The fourth-order valence-electron chi connectivity index (χ4n) is 1.38. The Hall–Kier alpha value is -1.53. The van der Waals surface area contributed by atoms with Crippen molar-refractivity contribution in [2.45, 2.75) is 4.90 Å².